The summed E-state index contributed by atoms with van der Waals surface area (Å²) < 4.78 is 5.38. The zero-order chi connectivity index (χ0) is 13.3. The van der Waals surface area contributed by atoms with Gasteiger partial charge in [0.2, 0.25) is 0 Å². The molecule has 0 aliphatic rings. The van der Waals surface area contributed by atoms with Crippen LogP contribution < -0.4 is 10.5 Å². The number of aryl methyl sites for hydroxylation is 2. The number of nitrogen functional groups attached to an aromatic ring is 1. The summed E-state index contributed by atoms with van der Waals surface area (Å²) in [6, 6.07) is 6.09. The van der Waals surface area contributed by atoms with Crippen LogP contribution in [0.5, 0.6) is 5.75 Å². The maximum Gasteiger partial charge on any atom is 0.127 e. The molecule has 1 aromatic carbocycles. The quantitative estimate of drug-likeness (QED) is 0.848. The number of anilines is 1. The van der Waals surface area contributed by atoms with Gasteiger partial charge in [-0.25, -0.2) is 0 Å². The minimum Gasteiger partial charge on any atom is -0.496 e. The molecule has 0 bridgehead atoms. The number of aromatic amines is 1. The summed E-state index contributed by atoms with van der Waals surface area (Å²) in [6.07, 6.45) is 1.74. The SMILES string of the molecule is COc1cc(C)c(C)cc1-c1c[nH]c(N)c1C#N. The van der Waals surface area contributed by atoms with Gasteiger partial charge in [0, 0.05) is 17.3 Å². The summed E-state index contributed by atoms with van der Waals surface area (Å²) in [5, 5.41) is 9.15. The van der Waals surface area contributed by atoms with E-state index in [2.05, 4.69) is 11.1 Å². The lowest BCUT2D eigenvalue weighted by Gasteiger charge is -2.11. The molecule has 0 aliphatic heterocycles. The Hall–Kier alpha value is -2.41. The number of H-pyrrole nitrogens is 1. The van der Waals surface area contributed by atoms with Crippen LogP contribution in [0, 0.1) is 25.2 Å². The maximum atomic E-state index is 9.15. The highest BCUT2D eigenvalue weighted by atomic mass is 16.5. The Bertz CT molecular complexity index is 635. The molecule has 0 atom stereocenters. The van der Waals surface area contributed by atoms with Crippen molar-refractivity contribution in [2.24, 2.45) is 0 Å². The van der Waals surface area contributed by atoms with Crippen molar-refractivity contribution in [1.29, 1.82) is 5.26 Å². The van der Waals surface area contributed by atoms with Gasteiger partial charge in [-0.1, -0.05) is 0 Å². The third kappa shape index (κ3) is 1.80. The molecule has 92 valence electrons. The van der Waals surface area contributed by atoms with Crippen molar-refractivity contribution in [3.63, 3.8) is 0 Å². The molecule has 2 rings (SSSR count). The zero-order valence-electron chi connectivity index (χ0n) is 10.7. The molecule has 0 saturated heterocycles. The second-order valence-corrected chi connectivity index (χ2v) is 4.24. The van der Waals surface area contributed by atoms with Crippen LogP contribution in [0.2, 0.25) is 0 Å². The first kappa shape index (κ1) is 12.1. The van der Waals surface area contributed by atoms with Crippen LogP contribution in [0.4, 0.5) is 5.82 Å². The average Bonchev–Trinajstić information content (AvgIpc) is 2.73. The van der Waals surface area contributed by atoms with Crippen molar-refractivity contribution < 1.29 is 4.74 Å². The number of nitrogens with two attached hydrogens (primary N) is 1. The lowest BCUT2D eigenvalue weighted by Crippen LogP contribution is -1.93. The Labute approximate surface area is 106 Å². The molecule has 3 N–H and O–H groups in total. The number of aromatic nitrogens is 1. The van der Waals surface area contributed by atoms with Crippen molar-refractivity contribution >= 4 is 5.82 Å². The number of nitrogens with zero attached hydrogens (tertiary/aromatic N) is 1. The van der Waals surface area contributed by atoms with Gasteiger partial charge in [-0.15, -0.1) is 0 Å². The number of rotatable bonds is 2. The van der Waals surface area contributed by atoms with Gasteiger partial charge in [0.1, 0.15) is 23.2 Å². The van der Waals surface area contributed by atoms with Crippen LogP contribution in [0.25, 0.3) is 11.1 Å². The van der Waals surface area contributed by atoms with E-state index in [4.69, 9.17) is 15.7 Å². The molecule has 0 amide bonds. The largest absolute Gasteiger partial charge is 0.496 e. The van der Waals surface area contributed by atoms with Gasteiger partial charge in [0.15, 0.2) is 0 Å². The molecular weight excluding hydrogens is 226 g/mol. The fraction of sp³-hybridized carbons (Fsp3) is 0.214. The van der Waals surface area contributed by atoms with Gasteiger partial charge >= 0.3 is 0 Å². The van der Waals surface area contributed by atoms with Gasteiger partial charge in [-0.2, -0.15) is 5.26 Å². The topological polar surface area (TPSA) is 74.8 Å². The Morgan fingerprint density at radius 3 is 2.50 bits per heavy atom. The van der Waals surface area contributed by atoms with E-state index in [1.165, 1.54) is 0 Å². The van der Waals surface area contributed by atoms with Gasteiger partial charge in [-0.05, 0) is 37.1 Å². The lowest BCUT2D eigenvalue weighted by molar-refractivity contribution is 0.416. The maximum absolute atomic E-state index is 9.15. The zero-order valence-corrected chi connectivity index (χ0v) is 10.7. The second kappa shape index (κ2) is 4.46. The fourth-order valence-corrected chi connectivity index (χ4v) is 1.94. The van der Waals surface area contributed by atoms with E-state index in [9.17, 15) is 0 Å². The highest BCUT2D eigenvalue weighted by Gasteiger charge is 2.15. The van der Waals surface area contributed by atoms with E-state index in [-0.39, 0.29) is 0 Å². The summed E-state index contributed by atoms with van der Waals surface area (Å²) in [7, 11) is 1.62. The summed E-state index contributed by atoms with van der Waals surface area (Å²) in [6.45, 7) is 4.05. The van der Waals surface area contributed by atoms with E-state index in [0.29, 0.717) is 11.4 Å². The normalized spacial score (nSPS) is 10.1. The van der Waals surface area contributed by atoms with Gasteiger partial charge < -0.3 is 15.5 Å². The predicted molar refractivity (Wildman–Crippen MR) is 71.4 cm³/mol. The van der Waals surface area contributed by atoms with Gasteiger partial charge in [0.25, 0.3) is 0 Å². The van der Waals surface area contributed by atoms with Gasteiger partial charge in [-0.3, -0.25) is 0 Å². The van der Waals surface area contributed by atoms with Crippen molar-refractivity contribution in [3.05, 3.63) is 35.0 Å². The fourth-order valence-electron chi connectivity index (χ4n) is 1.94. The lowest BCUT2D eigenvalue weighted by atomic mass is 9.98. The minimum absolute atomic E-state index is 0.382. The predicted octanol–water partition coefficient (Wildman–Crippen LogP) is 2.76. The third-order valence-electron chi connectivity index (χ3n) is 3.13. The summed E-state index contributed by atoms with van der Waals surface area (Å²) in [5.74, 6) is 1.13. The van der Waals surface area contributed by atoms with Crippen molar-refractivity contribution in [2.45, 2.75) is 13.8 Å². The number of methoxy groups -OCH3 is 1. The van der Waals surface area contributed by atoms with E-state index in [1.807, 2.05) is 26.0 Å². The standard InChI is InChI=1S/C14H15N3O/c1-8-4-10(13(18-3)5-9(8)2)12-7-17-14(16)11(12)6-15/h4-5,7,17H,16H2,1-3H3. The van der Waals surface area contributed by atoms with Crippen LogP contribution in [-0.4, -0.2) is 12.1 Å². The average molecular weight is 241 g/mol. The van der Waals surface area contributed by atoms with E-state index in [1.54, 1.807) is 13.3 Å². The van der Waals surface area contributed by atoms with Crippen LogP contribution in [0.3, 0.4) is 0 Å². The highest BCUT2D eigenvalue weighted by Crippen LogP contribution is 2.36. The molecule has 1 heterocycles. The Balaban J connectivity index is 2.71. The summed E-state index contributed by atoms with van der Waals surface area (Å²) >= 11 is 0. The number of benzene rings is 1. The molecule has 0 fully saturated rings. The smallest absolute Gasteiger partial charge is 0.127 e. The Morgan fingerprint density at radius 2 is 1.89 bits per heavy atom. The van der Waals surface area contributed by atoms with Crippen molar-refractivity contribution in [2.75, 3.05) is 12.8 Å². The molecule has 0 radical (unpaired) electrons. The van der Waals surface area contributed by atoms with E-state index < -0.39 is 0 Å². The van der Waals surface area contributed by atoms with Gasteiger partial charge in [0.05, 0.1) is 7.11 Å². The summed E-state index contributed by atoms with van der Waals surface area (Å²) in [4.78, 5) is 2.87. The Morgan fingerprint density at radius 1 is 1.22 bits per heavy atom. The monoisotopic (exact) mass is 241 g/mol. The number of nitrogens with one attached hydrogen (secondary N) is 1. The molecule has 18 heavy (non-hydrogen) atoms. The van der Waals surface area contributed by atoms with Crippen LogP contribution in [0.1, 0.15) is 16.7 Å². The van der Waals surface area contributed by atoms with E-state index in [0.717, 1.165) is 28.0 Å². The minimum atomic E-state index is 0.382. The number of nitriles is 1. The third-order valence-corrected chi connectivity index (χ3v) is 3.13. The molecular formula is C14H15N3O. The molecule has 4 nitrogen and oxygen atoms in total. The number of hydrogen-bond donors (Lipinski definition) is 2. The van der Waals surface area contributed by atoms with Crippen LogP contribution in [-0.2, 0) is 0 Å². The number of ether oxygens (including phenoxy) is 1. The molecule has 0 aliphatic carbocycles. The molecule has 0 unspecified atom stereocenters. The first-order chi connectivity index (χ1) is 8.58. The molecule has 0 spiro atoms. The molecule has 4 heteroatoms. The van der Waals surface area contributed by atoms with E-state index >= 15 is 0 Å². The van der Waals surface area contributed by atoms with Crippen LogP contribution >= 0.6 is 0 Å². The van der Waals surface area contributed by atoms with Crippen molar-refractivity contribution in [1.82, 2.24) is 4.98 Å². The molecule has 1 aromatic heterocycles. The number of hydrogen-bond acceptors (Lipinski definition) is 3. The van der Waals surface area contributed by atoms with Crippen LogP contribution in [0.15, 0.2) is 18.3 Å². The summed E-state index contributed by atoms with van der Waals surface area (Å²) in [5.41, 5.74) is 10.1. The highest BCUT2D eigenvalue weighted by molar-refractivity contribution is 5.80. The first-order valence-electron chi connectivity index (χ1n) is 5.61. The van der Waals surface area contributed by atoms with Crippen molar-refractivity contribution in [3.8, 4) is 22.9 Å². The first-order valence-corrected chi connectivity index (χ1v) is 5.61. The Kier molecular flexibility index (Phi) is 2.99. The molecule has 2 aromatic rings. The second-order valence-electron chi connectivity index (χ2n) is 4.24. The molecule has 0 saturated carbocycles.